The molecule has 1 aliphatic heterocycles. The molecule has 0 aliphatic carbocycles. The number of hydrogen-bond acceptors (Lipinski definition) is 5. The molecule has 5 nitrogen and oxygen atoms in total. The monoisotopic (exact) mass is 420 g/mol. The van der Waals surface area contributed by atoms with E-state index in [1.165, 1.54) is 29.7 Å². The zero-order chi connectivity index (χ0) is 17.6. The van der Waals surface area contributed by atoms with Crippen molar-refractivity contribution in [3.8, 4) is 5.88 Å². The lowest BCUT2D eigenvalue weighted by Crippen LogP contribution is -2.37. The highest BCUT2D eigenvalue weighted by molar-refractivity contribution is 9.10. The third-order valence-electron chi connectivity index (χ3n) is 4.79. The number of benzene rings is 1. The van der Waals surface area contributed by atoms with Crippen molar-refractivity contribution in [2.75, 3.05) is 13.1 Å². The molecule has 1 fully saturated rings. The molecule has 0 amide bonds. The number of halogens is 1. The molecule has 0 spiro atoms. The molecule has 2 aromatic heterocycles. The second-order valence-corrected chi connectivity index (χ2v) is 8.76. The molecular weight excluding hydrogens is 400 g/mol. The number of piperidine rings is 1. The van der Waals surface area contributed by atoms with Crippen LogP contribution in [0.15, 0.2) is 28.7 Å². The number of hydrogen-bond donors (Lipinski definition) is 1. The lowest BCUT2D eigenvalue weighted by molar-refractivity contribution is 0.149. The molecular formula is C18H21BrN4OS. The smallest absolute Gasteiger partial charge is 0.230 e. The van der Waals surface area contributed by atoms with E-state index in [0.717, 1.165) is 27.4 Å². The van der Waals surface area contributed by atoms with Gasteiger partial charge in [0.1, 0.15) is 5.82 Å². The predicted molar refractivity (Wildman–Crippen MR) is 103 cm³/mol. The van der Waals surface area contributed by atoms with Crippen molar-refractivity contribution < 1.29 is 5.11 Å². The number of aromatic nitrogens is 3. The van der Waals surface area contributed by atoms with Crippen LogP contribution in [0.1, 0.15) is 42.1 Å². The Labute approximate surface area is 159 Å². The molecule has 0 unspecified atom stereocenters. The largest absolute Gasteiger partial charge is 0.492 e. The van der Waals surface area contributed by atoms with Gasteiger partial charge in [-0.05, 0) is 49.9 Å². The molecule has 1 aliphatic rings. The molecule has 1 aromatic carbocycles. The Morgan fingerprint density at radius 2 is 2.08 bits per heavy atom. The molecule has 0 bridgehead atoms. The number of rotatable bonds is 3. The molecule has 3 heterocycles. The minimum absolute atomic E-state index is 0.0321. The van der Waals surface area contributed by atoms with Gasteiger partial charge in [0, 0.05) is 11.0 Å². The van der Waals surface area contributed by atoms with Crippen LogP contribution in [0.25, 0.3) is 4.96 Å². The molecule has 2 atom stereocenters. The zero-order valence-electron chi connectivity index (χ0n) is 14.3. The van der Waals surface area contributed by atoms with E-state index in [-0.39, 0.29) is 11.9 Å². The third kappa shape index (κ3) is 3.20. The summed E-state index contributed by atoms with van der Waals surface area (Å²) in [7, 11) is 0. The molecule has 1 saturated heterocycles. The SMILES string of the molecule is Cc1nc2sc([C@@H](c3ccc(Br)cc3)N3CCC[C@@H](C)C3)c(O)n2n1. The lowest BCUT2D eigenvalue weighted by Gasteiger charge is -2.37. The summed E-state index contributed by atoms with van der Waals surface area (Å²) in [4.78, 5) is 8.58. The summed E-state index contributed by atoms with van der Waals surface area (Å²) in [6.45, 7) is 6.22. The zero-order valence-corrected chi connectivity index (χ0v) is 16.7. The summed E-state index contributed by atoms with van der Waals surface area (Å²) in [6.07, 6.45) is 2.46. The van der Waals surface area contributed by atoms with Crippen LogP contribution < -0.4 is 0 Å². The van der Waals surface area contributed by atoms with Gasteiger partial charge in [-0.25, -0.2) is 4.98 Å². The second kappa shape index (κ2) is 6.70. The predicted octanol–water partition coefficient (Wildman–Crippen LogP) is 4.39. The van der Waals surface area contributed by atoms with E-state index in [4.69, 9.17) is 0 Å². The quantitative estimate of drug-likeness (QED) is 0.682. The molecule has 7 heteroatoms. The van der Waals surface area contributed by atoms with Crippen molar-refractivity contribution in [1.29, 1.82) is 0 Å². The lowest BCUT2D eigenvalue weighted by atomic mass is 9.95. The van der Waals surface area contributed by atoms with Gasteiger partial charge in [0.05, 0.1) is 10.9 Å². The van der Waals surface area contributed by atoms with Gasteiger partial charge >= 0.3 is 0 Å². The van der Waals surface area contributed by atoms with Crippen molar-refractivity contribution in [1.82, 2.24) is 19.5 Å². The molecule has 0 radical (unpaired) electrons. The number of nitrogens with zero attached hydrogens (tertiary/aromatic N) is 4. The van der Waals surface area contributed by atoms with Crippen LogP contribution in [0, 0.1) is 12.8 Å². The molecule has 1 N–H and O–H groups in total. The number of aromatic hydroxyl groups is 1. The summed E-state index contributed by atoms with van der Waals surface area (Å²) in [5.41, 5.74) is 1.19. The van der Waals surface area contributed by atoms with E-state index in [9.17, 15) is 5.11 Å². The second-order valence-electron chi connectivity index (χ2n) is 6.84. The topological polar surface area (TPSA) is 53.7 Å². The Kier molecular flexibility index (Phi) is 4.56. The van der Waals surface area contributed by atoms with Gasteiger partial charge in [-0.1, -0.05) is 46.3 Å². The van der Waals surface area contributed by atoms with Crippen LogP contribution >= 0.6 is 27.3 Å². The standard InChI is InChI=1S/C18H21BrN4OS/c1-11-4-3-9-22(10-11)15(13-5-7-14(19)8-6-13)16-17(24)23-18(25-16)20-12(2)21-23/h5-8,11,15,24H,3-4,9-10H2,1-2H3/t11-,15-/m1/s1. The van der Waals surface area contributed by atoms with Gasteiger partial charge in [0.2, 0.25) is 10.8 Å². The number of thiazole rings is 1. The van der Waals surface area contributed by atoms with Gasteiger partial charge in [0.15, 0.2) is 0 Å². The molecule has 132 valence electrons. The van der Waals surface area contributed by atoms with Crippen LogP contribution in [0.2, 0.25) is 0 Å². The van der Waals surface area contributed by atoms with Crippen LogP contribution in [0.4, 0.5) is 0 Å². The van der Waals surface area contributed by atoms with Crippen molar-refractivity contribution in [2.24, 2.45) is 5.92 Å². The van der Waals surface area contributed by atoms with Gasteiger partial charge < -0.3 is 5.11 Å². The van der Waals surface area contributed by atoms with Gasteiger partial charge in [-0.3, -0.25) is 4.90 Å². The summed E-state index contributed by atoms with van der Waals surface area (Å²) in [6, 6.07) is 8.43. The summed E-state index contributed by atoms with van der Waals surface area (Å²) < 4.78 is 2.62. The summed E-state index contributed by atoms with van der Waals surface area (Å²) in [5, 5.41) is 15.1. The maximum Gasteiger partial charge on any atom is 0.230 e. The van der Waals surface area contributed by atoms with Crippen LogP contribution in [-0.2, 0) is 0 Å². The van der Waals surface area contributed by atoms with Crippen LogP contribution in [0.3, 0.4) is 0 Å². The van der Waals surface area contributed by atoms with Gasteiger partial charge in [-0.15, -0.1) is 5.10 Å². The number of fused-ring (bicyclic) bond motifs is 1. The van der Waals surface area contributed by atoms with Gasteiger partial charge in [0.25, 0.3) is 0 Å². The molecule has 25 heavy (non-hydrogen) atoms. The average Bonchev–Trinajstić information content (AvgIpc) is 3.08. The van der Waals surface area contributed by atoms with E-state index >= 15 is 0 Å². The fourth-order valence-electron chi connectivity index (χ4n) is 3.66. The fraction of sp³-hybridized carbons (Fsp3) is 0.444. The van der Waals surface area contributed by atoms with Gasteiger partial charge in [-0.2, -0.15) is 4.52 Å². The summed E-state index contributed by atoms with van der Waals surface area (Å²) in [5.74, 6) is 1.56. The highest BCUT2D eigenvalue weighted by Crippen LogP contribution is 2.41. The maximum atomic E-state index is 10.8. The highest BCUT2D eigenvalue weighted by Gasteiger charge is 2.31. The first-order chi connectivity index (χ1) is 12.0. The molecule has 4 rings (SSSR count). The first kappa shape index (κ1) is 17.0. The first-order valence-corrected chi connectivity index (χ1v) is 10.2. The highest BCUT2D eigenvalue weighted by atomic mass is 79.9. The Balaban J connectivity index is 1.81. The minimum atomic E-state index is 0.0321. The fourth-order valence-corrected chi connectivity index (χ4v) is 5.09. The summed E-state index contributed by atoms with van der Waals surface area (Å²) >= 11 is 5.05. The number of aryl methyl sites for hydroxylation is 1. The Hall–Kier alpha value is -1.44. The molecule has 0 saturated carbocycles. The first-order valence-electron chi connectivity index (χ1n) is 8.57. The van der Waals surface area contributed by atoms with E-state index in [0.29, 0.717) is 11.7 Å². The van der Waals surface area contributed by atoms with Crippen LogP contribution in [-0.4, -0.2) is 37.7 Å². The van der Waals surface area contributed by atoms with Crippen molar-refractivity contribution in [3.05, 3.63) is 45.0 Å². The molecule has 3 aromatic rings. The Bertz CT molecular complexity index is 889. The van der Waals surface area contributed by atoms with E-state index in [1.807, 2.05) is 6.92 Å². The van der Waals surface area contributed by atoms with Crippen molar-refractivity contribution in [3.63, 3.8) is 0 Å². The minimum Gasteiger partial charge on any atom is -0.492 e. The normalized spacial score (nSPS) is 20.2. The maximum absolute atomic E-state index is 10.8. The van der Waals surface area contributed by atoms with E-state index in [2.05, 4.69) is 62.1 Å². The van der Waals surface area contributed by atoms with Crippen molar-refractivity contribution in [2.45, 2.75) is 32.7 Å². The van der Waals surface area contributed by atoms with E-state index in [1.54, 1.807) is 4.52 Å². The van der Waals surface area contributed by atoms with E-state index < -0.39 is 0 Å². The number of likely N-dealkylation sites (tertiary alicyclic amines) is 1. The third-order valence-corrected chi connectivity index (χ3v) is 6.39. The van der Waals surface area contributed by atoms with Crippen LogP contribution in [0.5, 0.6) is 5.88 Å². The Morgan fingerprint density at radius 1 is 1.32 bits per heavy atom. The average molecular weight is 421 g/mol. The Morgan fingerprint density at radius 3 is 2.76 bits per heavy atom. The van der Waals surface area contributed by atoms with Crippen molar-refractivity contribution >= 4 is 32.2 Å².